The molecule has 0 bridgehead atoms. The van der Waals surface area contributed by atoms with Gasteiger partial charge in [-0.25, -0.2) is 14.6 Å². The standard InChI is InChI=1S/C11H12N4O3/c1-7-3-12-11(18)15(5-7)6-9-8(10(16)17)4-13-14(9)2/h3-5H,6H2,1-2H3,(H,16,17). The summed E-state index contributed by atoms with van der Waals surface area (Å²) in [4.78, 5) is 26.3. The lowest BCUT2D eigenvalue weighted by molar-refractivity contribution is 0.0695. The second-order valence-electron chi connectivity index (χ2n) is 3.98. The number of rotatable bonds is 3. The van der Waals surface area contributed by atoms with Gasteiger partial charge in [0.15, 0.2) is 0 Å². The van der Waals surface area contributed by atoms with Crippen LogP contribution >= 0.6 is 0 Å². The van der Waals surface area contributed by atoms with Gasteiger partial charge in [0.25, 0.3) is 0 Å². The highest BCUT2D eigenvalue weighted by Gasteiger charge is 2.15. The van der Waals surface area contributed by atoms with E-state index in [4.69, 9.17) is 5.11 Å². The van der Waals surface area contributed by atoms with Gasteiger partial charge in [-0.1, -0.05) is 0 Å². The van der Waals surface area contributed by atoms with Crippen molar-refractivity contribution < 1.29 is 9.90 Å². The van der Waals surface area contributed by atoms with E-state index in [1.165, 1.54) is 21.6 Å². The third-order valence-electron chi connectivity index (χ3n) is 2.60. The van der Waals surface area contributed by atoms with Crippen LogP contribution < -0.4 is 5.69 Å². The molecule has 7 heteroatoms. The average Bonchev–Trinajstić information content (AvgIpc) is 2.66. The fourth-order valence-corrected chi connectivity index (χ4v) is 1.67. The number of aryl methyl sites for hydroxylation is 2. The van der Waals surface area contributed by atoms with Crippen molar-refractivity contribution >= 4 is 5.97 Å². The van der Waals surface area contributed by atoms with E-state index in [9.17, 15) is 9.59 Å². The zero-order chi connectivity index (χ0) is 13.3. The summed E-state index contributed by atoms with van der Waals surface area (Å²) in [6.07, 6.45) is 4.38. The molecule has 0 fully saturated rings. The van der Waals surface area contributed by atoms with Crippen LogP contribution in [0.15, 0.2) is 23.4 Å². The predicted octanol–water partition coefficient (Wildman–Crippen LogP) is 0.0317. The molecular formula is C11H12N4O3. The van der Waals surface area contributed by atoms with Crippen molar-refractivity contribution in [3.63, 3.8) is 0 Å². The molecule has 0 saturated heterocycles. The lowest BCUT2D eigenvalue weighted by Gasteiger charge is -2.07. The van der Waals surface area contributed by atoms with E-state index in [0.717, 1.165) is 5.56 Å². The van der Waals surface area contributed by atoms with Gasteiger partial charge >= 0.3 is 11.7 Å². The van der Waals surface area contributed by atoms with Crippen LogP contribution in [0.4, 0.5) is 0 Å². The van der Waals surface area contributed by atoms with Gasteiger partial charge in [0.2, 0.25) is 0 Å². The van der Waals surface area contributed by atoms with E-state index in [2.05, 4.69) is 10.1 Å². The summed E-state index contributed by atoms with van der Waals surface area (Å²) in [7, 11) is 1.63. The maximum Gasteiger partial charge on any atom is 0.347 e. The van der Waals surface area contributed by atoms with Gasteiger partial charge < -0.3 is 5.11 Å². The molecule has 0 saturated carbocycles. The van der Waals surface area contributed by atoms with Gasteiger partial charge in [0.1, 0.15) is 5.56 Å². The number of aromatic carboxylic acids is 1. The number of aromatic nitrogens is 4. The Morgan fingerprint density at radius 1 is 1.44 bits per heavy atom. The molecule has 0 aliphatic carbocycles. The smallest absolute Gasteiger partial charge is 0.347 e. The van der Waals surface area contributed by atoms with E-state index in [1.54, 1.807) is 13.2 Å². The van der Waals surface area contributed by atoms with Crippen LogP contribution in [0, 0.1) is 6.92 Å². The van der Waals surface area contributed by atoms with Crippen molar-refractivity contribution in [2.24, 2.45) is 7.05 Å². The molecular weight excluding hydrogens is 236 g/mol. The maximum atomic E-state index is 11.6. The van der Waals surface area contributed by atoms with Crippen molar-refractivity contribution in [3.05, 3.63) is 45.9 Å². The Labute approximate surface area is 102 Å². The van der Waals surface area contributed by atoms with Gasteiger partial charge in [0.05, 0.1) is 18.4 Å². The van der Waals surface area contributed by atoms with Crippen molar-refractivity contribution in [2.45, 2.75) is 13.5 Å². The largest absolute Gasteiger partial charge is 0.478 e. The lowest BCUT2D eigenvalue weighted by Crippen LogP contribution is -2.24. The highest BCUT2D eigenvalue weighted by molar-refractivity contribution is 5.88. The first kappa shape index (κ1) is 12.0. The summed E-state index contributed by atoms with van der Waals surface area (Å²) in [5, 5.41) is 12.9. The molecule has 94 valence electrons. The summed E-state index contributed by atoms with van der Waals surface area (Å²) < 4.78 is 2.80. The van der Waals surface area contributed by atoms with Crippen LogP contribution in [-0.4, -0.2) is 30.4 Å². The molecule has 18 heavy (non-hydrogen) atoms. The Kier molecular flexibility index (Phi) is 2.97. The second-order valence-corrected chi connectivity index (χ2v) is 3.98. The van der Waals surface area contributed by atoms with E-state index in [1.807, 2.05) is 6.92 Å². The molecule has 2 aromatic rings. The monoisotopic (exact) mass is 248 g/mol. The summed E-state index contributed by atoms with van der Waals surface area (Å²) in [5.74, 6) is -1.06. The first-order chi connectivity index (χ1) is 8.49. The number of hydrogen-bond donors (Lipinski definition) is 1. The molecule has 1 N–H and O–H groups in total. The van der Waals surface area contributed by atoms with Crippen molar-refractivity contribution in [1.29, 1.82) is 0 Å². The molecule has 2 aromatic heterocycles. The summed E-state index contributed by atoms with van der Waals surface area (Å²) in [6, 6.07) is 0. The molecule has 0 radical (unpaired) electrons. The van der Waals surface area contributed by atoms with Crippen LogP contribution in [-0.2, 0) is 13.6 Å². The molecule has 0 aromatic carbocycles. The third kappa shape index (κ3) is 2.15. The number of carbonyl (C=O) groups is 1. The van der Waals surface area contributed by atoms with Crippen LogP contribution in [0.5, 0.6) is 0 Å². The minimum atomic E-state index is -1.06. The van der Waals surface area contributed by atoms with Crippen molar-refractivity contribution in [2.75, 3.05) is 0 Å². The third-order valence-corrected chi connectivity index (χ3v) is 2.60. The lowest BCUT2D eigenvalue weighted by atomic mass is 10.2. The van der Waals surface area contributed by atoms with Gasteiger partial charge in [0, 0.05) is 19.4 Å². The molecule has 0 unspecified atom stereocenters. The van der Waals surface area contributed by atoms with E-state index < -0.39 is 11.7 Å². The second kappa shape index (κ2) is 4.44. The Hall–Kier alpha value is -2.44. The van der Waals surface area contributed by atoms with E-state index in [0.29, 0.717) is 5.69 Å². The normalized spacial score (nSPS) is 10.6. The minimum absolute atomic E-state index is 0.0888. The predicted molar refractivity (Wildman–Crippen MR) is 62.5 cm³/mol. The Balaban J connectivity index is 2.46. The number of carboxylic acids is 1. The molecule has 7 nitrogen and oxygen atoms in total. The Morgan fingerprint density at radius 3 is 2.83 bits per heavy atom. The van der Waals surface area contributed by atoms with Gasteiger partial charge in [-0.3, -0.25) is 9.25 Å². The molecule has 0 atom stereocenters. The molecule has 2 rings (SSSR count). The maximum absolute atomic E-state index is 11.6. The fourth-order valence-electron chi connectivity index (χ4n) is 1.67. The van der Waals surface area contributed by atoms with Crippen molar-refractivity contribution in [1.82, 2.24) is 19.3 Å². The van der Waals surface area contributed by atoms with Crippen LogP contribution in [0.3, 0.4) is 0 Å². The van der Waals surface area contributed by atoms with Gasteiger partial charge in [-0.15, -0.1) is 0 Å². The first-order valence-corrected chi connectivity index (χ1v) is 5.26. The molecule has 2 heterocycles. The highest BCUT2D eigenvalue weighted by Crippen LogP contribution is 2.08. The minimum Gasteiger partial charge on any atom is -0.478 e. The zero-order valence-corrected chi connectivity index (χ0v) is 9.99. The Morgan fingerprint density at radius 2 is 2.17 bits per heavy atom. The van der Waals surface area contributed by atoms with Gasteiger partial charge in [-0.05, 0) is 12.5 Å². The summed E-state index contributed by atoms with van der Waals surface area (Å²) in [5.41, 5.74) is 0.953. The van der Waals surface area contributed by atoms with E-state index >= 15 is 0 Å². The van der Waals surface area contributed by atoms with Crippen LogP contribution in [0.25, 0.3) is 0 Å². The molecule has 0 amide bonds. The zero-order valence-electron chi connectivity index (χ0n) is 9.99. The van der Waals surface area contributed by atoms with E-state index in [-0.39, 0.29) is 12.1 Å². The topological polar surface area (TPSA) is 90.0 Å². The van der Waals surface area contributed by atoms with Crippen LogP contribution in [0.1, 0.15) is 21.6 Å². The quantitative estimate of drug-likeness (QED) is 0.827. The fraction of sp³-hybridized carbons (Fsp3) is 0.273. The highest BCUT2D eigenvalue weighted by atomic mass is 16.4. The molecule has 0 spiro atoms. The molecule has 0 aliphatic heterocycles. The van der Waals surface area contributed by atoms with Gasteiger partial charge in [-0.2, -0.15) is 5.10 Å². The van der Waals surface area contributed by atoms with Crippen molar-refractivity contribution in [3.8, 4) is 0 Å². The number of carboxylic acid groups (broad SMARTS) is 1. The summed E-state index contributed by atoms with van der Waals surface area (Å²) >= 11 is 0. The molecule has 0 aliphatic rings. The number of hydrogen-bond acceptors (Lipinski definition) is 4. The SMILES string of the molecule is Cc1cnc(=O)n(Cc2c(C(=O)O)cnn2C)c1. The average molecular weight is 248 g/mol. The first-order valence-electron chi connectivity index (χ1n) is 5.26. The number of nitrogens with zero attached hydrogens (tertiary/aromatic N) is 4. The Bertz CT molecular complexity index is 657. The van der Waals surface area contributed by atoms with Crippen LogP contribution in [0.2, 0.25) is 0 Å². The summed E-state index contributed by atoms with van der Waals surface area (Å²) in [6.45, 7) is 1.94.